The fourth-order valence-electron chi connectivity index (χ4n) is 3.78. The van der Waals surface area contributed by atoms with E-state index in [1.54, 1.807) is 19.2 Å². The van der Waals surface area contributed by atoms with Gasteiger partial charge in [0.25, 0.3) is 0 Å². The largest absolute Gasteiger partial charge is 0.357 e. The number of ketones is 1. The zero-order chi connectivity index (χ0) is 22.8. The minimum Gasteiger partial charge on any atom is -0.357 e. The fourth-order valence-corrected chi connectivity index (χ4v) is 3.78. The SMILES string of the molecule is CNC(=O)[C@@H](NC(=O)Cc1nc(C(=O)c2ccccc2)n2c1CN(C)CC2)C(C)(C)C. The highest BCUT2D eigenvalue weighted by molar-refractivity contribution is 6.07. The fraction of sp³-hybridized carbons (Fsp3) is 0.478. The van der Waals surface area contributed by atoms with Crippen LogP contribution in [0.5, 0.6) is 0 Å². The van der Waals surface area contributed by atoms with Gasteiger partial charge in [-0.1, -0.05) is 51.1 Å². The Balaban J connectivity index is 1.89. The second-order valence-electron chi connectivity index (χ2n) is 9.07. The minimum atomic E-state index is -0.670. The lowest BCUT2D eigenvalue weighted by molar-refractivity contribution is -0.131. The van der Waals surface area contributed by atoms with Gasteiger partial charge < -0.3 is 15.2 Å². The van der Waals surface area contributed by atoms with Crippen molar-refractivity contribution in [3.05, 3.63) is 53.1 Å². The summed E-state index contributed by atoms with van der Waals surface area (Å²) in [4.78, 5) is 45.0. The van der Waals surface area contributed by atoms with Gasteiger partial charge in [0.1, 0.15) is 6.04 Å². The molecule has 1 aromatic carbocycles. The van der Waals surface area contributed by atoms with E-state index in [0.717, 1.165) is 12.2 Å². The molecule has 8 heteroatoms. The molecular weight excluding hydrogens is 394 g/mol. The normalized spacial score (nSPS) is 15.1. The summed E-state index contributed by atoms with van der Waals surface area (Å²) in [6.45, 7) is 7.74. The molecule has 1 aromatic heterocycles. The smallest absolute Gasteiger partial charge is 0.242 e. The minimum absolute atomic E-state index is 0.00875. The van der Waals surface area contributed by atoms with Crippen molar-refractivity contribution in [2.24, 2.45) is 5.41 Å². The first-order valence-corrected chi connectivity index (χ1v) is 10.5. The lowest BCUT2D eigenvalue weighted by Gasteiger charge is -2.30. The standard InChI is InChI=1S/C23H31N5O3/c1-23(2,3)20(22(31)24-4)26-18(29)13-16-17-14-27(5)11-12-28(17)21(25-16)19(30)15-9-7-6-8-10-15/h6-10,20H,11-14H2,1-5H3,(H,24,31)(H,26,29)/t20-/m1/s1. The maximum atomic E-state index is 13.1. The highest BCUT2D eigenvalue weighted by Gasteiger charge is 2.33. The monoisotopic (exact) mass is 425 g/mol. The molecule has 0 radical (unpaired) electrons. The lowest BCUT2D eigenvalue weighted by atomic mass is 9.86. The number of nitrogens with zero attached hydrogens (tertiary/aromatic N) is 3. The van der Waals surface area contributed by atoms with Gasteiger partial charge in [-0.15, -0.1) is 0 Å². The van der Waals surface area contributed by atoms with E-state index in [0.29, 0.717) is 30.2 Å². The molecular formula is C23H31N5O3. The topological polar surface area (TPSA) is 96.3 Å². The van der Waals surface area contributed by atoms with Gasteiger partial charge in [0.05, 0.1) is 17.8 Å². The number of aromatic nitrogens is 2. The number of imidazole rings is 1. The van der Waals surface area contributed by atoms with E-state index >= 15 is 0 Å². The van der Waals surface area contributed by atoms with Crippen molar-refractivity contribution >= 4 is 17.6 Å². The van der Waals surface area contributed by atoms with Gasteiger partial charge in [-0.05, 0) is 12.5 Å². The number of rotatable bonds is 6. The van der Waals surface area contributed by atoms with Gasteiger partial charge in [-0.25, -0.2) is 4.98 Å². The summed E-state index contributed by atoms with van der Waals surface area (Å²) in [6.07, 6.45) is 0.00875. The Kier molecular flexibility index (Phi) is 6.59. The Morgan fingerprint density at radius 2 is 1.81 bits per heavy atom. The summed E-state index contributed by atoms with van der Waals surface area (Å²) in [7, 11) is 3.55. The molecule has 2 amide bonds. The average Bonchev–Trinajstić information content (AvgIpc) is 3.08. The summed E-state index contributed by atoms with van der Waals surface area (Å²) in [5.74, 6) is -0.337. The quantitative estimate of drug-likeness (QED) is 0.682. The highest BCUT2D eigenvalue weighted by Crippen LogP contribution is 2.23. The Morgan fingerprint density at radius 3 is 2.42 bits per heavy atom. The van der Waals surface area contributed by atoms with Crippen LogP contribution in [0, 0.1) is 5.41 Å². The van der Waals surface area contributed by atoms with Gasteiger partial charge in [0.15, 0.2) is 5.82 Å². The van der Waals surface area contributed by atoms with Crippen molar-refractivity contribution in [3.8, 4) is 0 Å². The second-order valence-corrected chi connectivity index (χ2v) is 9.07. The van der Waals surface area contributed by atoms with Crippen LogP contribution in [0.2, 0.25) is 0 Å². The average molecular weight is 426 g/mol. The molecule has 8 nitrogen and oxygen atoms in total. The first-order valence-electron chi connectivity index (χ1n) is 10.5. The molecule has 2 heterocycles. The van der Waals surface area contributed by atoms with Gasteiger partial charge >= 0.3 is 0 Å². The van der Waals surface area contributed by atoms with E-state index in [9.17, 15) is 14.4 Å². The zero-order valence-corrected chi connectivity index (χ0v) is 18.9. The Hall–Kier alpha value is -3.00. The van der Waals surface area contributed by atoms with Crippen LogP contribution in [0.4, 0.5) is 0 Å². The summed E-state index contributed by atoms with van der Waals surface area (Å²) in [6, 6.07) is 8.37. The van der Waals surface area contributed by atoms with Crippen LogP contribution in [0.25, 0.3) is 0 Å². The van der Waals surface area contributed by atoms with Crippen LogP contribution in [0.1, 0.15) is 48.3 Å². The molecule has 2 aromatic rings. The van der Waals surface area contributed by atoms with Crippen LogP contribution in [-0.4, -0.2) is 58.7 Å². The van der Waals surface area contributed by atoms with Crippen molar-refractivity contribution < 1.29 is 14.4 Å². The first-order chi connectivity index (χ1) is 14.6. The first kappa shape index (κ1) is 22.7. The molecule has 1 aliphatic heterocycles. The number of amides is 2. The summed E-state index contributed by atoms with van der Waals surface area (Å²) in [5.41, 5.74) is 1.57. The van der Waals surface area contributed by atoms with Gasteiger partial charge in [-0.2, -0.15) is 0 Å². The van der Waals surface area contributed by atoms with E-state index < -0.39 is 11.5 Å². The number of hydrogen-bond acceptors (Lipinski definition) is 5. The third-order valence-corrected chi connectivity index (χ3v) is 5.53. The number of likely N-dealkylation sites (N-methyl/N-ethyl adjacent to an activating group) is 2. The van der Waals surface area contributed by atoms with Gasteiger partial charge in [0, 0.05) is 32.2 Å². The molecule has 0 bridgehead atoms. The molecule has 0 aliphatic carbocycles. The predicted molar refractivity (Wildman–Crippen MR) is 118 cm³/mol. The third kappa shape index (κ3) is 5.02. The van der Waals surface area contributed by atoms with E-state index in [-0.39, 0.29) is 24.0 Å². The molecule has 1 aliphatic rings. The van der Waals surface area contributed by atoms with Crippen molar-refractivity contribution in [1.29, 1.82) is 0 Å². The van der Waals surface area contributed by atoms with E-state index in [1.165, 1.54) is 0 Å². The van der Waals surface area contributed by atoms with E-state index in [1.807, 2.05) is 50.6 Å². The maximum absolute atomic E-state index is 13.1. The summed E-state index contributed by atoms with van der Waals surface area (Å²) in [5, 5.41) is 5.45. The van der Waals surface area contributed by atoms with Crippen molar-refractivity contribution in [3.63, 3.8) is 0 Å². The third-order valence-electron chi connectivity index (χ3n) is 5.53. The van der Waals surface area contributed by atoms with E-state index in [4.69, 9.17) is 0 Å². The van der Waals surface area contributed by atoms with Gasteiger partial charge in [-0.3, -0.25) is 19.3 Å². The number of benzene rings is 1. The summed E-state index contributed by atoms with van der Waals surface area (Å²) >= 11 is 0. The molecule has 3 rings (SSSR count). The van der Waals surface area contributed by atoms with Gasteiger partial charge in [0.2, 0.25) is 17.6 Å². The number of fused-ring (bicyclic) bond motifs is 1. The molecule has 166 valence electrons. The molecule has 0 saturated heterocycles. The van der Waals surface area contributed by atoms with Crippen LogP contribution >= 0.6 is 0 Å². The van der Waals surface area contributed by atoms with Crippen LogP contribution in [0.3, 0.4) is 0 Å². The predicted octanol–water partition coefficient (Wildman–Crippen LogP) is 1.38. The van der Waals surface area contributed by atoms with Crippen molar-refractivity contribution in [1.82, 2.24) is 25.1 Å². The maximum Gasteiger partial charge on any atom is 0.242 e. The Labute approximate surface area is 183 Å². The molecule has 0 saturated carbocycles. The number of carbonyl (C=O) groups excluding carboxylic acids is 3. The van der Waals surface area contributed by atoms with E-state index in [2.05, 4.69) is 20.5 Å². The van der Waals surface area contributed by atoms with Crippen LogP contribution in [-0.2, 0) is 29.1 Å². The van der Waals surface area contributed by atoms with Crippen LogP contribution in [0.15, 0.2) is 30.3 Å². The molecule has 2 N–H and O–H groups in total. The van der Waals surface area contributed by atoms with Crippen LogP contribution < -0.4 is 10.6 Å². The molecule has 1 atom stereocenters. The van der Waals surface area contributed by atoms with Crippen molar-refractivity contribution in [2.75, 3.05) is 20.6 Å². The number of hydrogen-bond donors (Lipinski definition) is 2. The van der Waals surface area contributed by atoms with Crippen molar-refractivity contribution in [2.45, 2.75) is 46.3 Å². The molecule has 0 fully saturated rings. The molecule has 31 heavy (non-hydrogen) atoms. The second kappa shape index (κ2) is 9.01. The molecule has 0 unspecified atom stereocenters. The molecule has 0 spiro atoms. The lowest BCUT2D eigenvalue weighted by Crippen LogP contribution is -2.53. The highest BCUT2D eigenvalue weighted by atomic mass is 16.2. The number of nitrogens with one attached hydrogen (secondary N) is 2. The zero-order valence-electron chi connectivity index (χ0n) is 18.9. The Morgan fingerprint density at radius 1 is 1.13 bits per heavy atom. The summed E-state index contributed by atoms with van der Waals surface area (Å²) < 4.78 is 1.93. The Bertz CT molecular complexity index is 975. The number of carbonyl (C=O) groups is 3.